The third-order valence-electron chi connectivity index (χ3n) is 10.4. The quantitative estimate of drug-likeness (QED) is 0.0447. The molecule has 3 heterocycles. The van der Waals surface area contributed by atoms with Gasteiger partial charge in [0, 0.05) is 24.9 Å². The van der Waals surface area contributed by atoms with E-state index in [1.54, 1.807) is 53.9 Å². The summed E-state index contributed by atoms with van der Waals surface area (Å²) in [4.78, 5) is 91.3. The normalized spacial score (nSPS) is 21.4. The van der Waals surface area contributed by atoms with Crippen molar-refractivity contribution in [2.45, 2.75) is 123 Å². The Labute approximate surface area is 369 Å². The molecule has 0 saturated carbocycles. The predicted molar refractivity (Wildman–Crippen MR) is 222 cm³/mol. The lowest BCUT2D eigenvalue weighted by atomic mass is 9.91. The Hall–Kier alpha value is -5.65. The minimum absolute atomic E-state index is 0.0470. The number of nitrogens with one attached hydrogen (secondary N) is 3. The van der Waals surface area contributed by atoms with Gasteiger partial charge in [0.25, 0.3) is 11.8 Å². The van der Waals surface area contributed by atoms with Gasteiger partial charge < -0.3 is 55.3 Å². The number of ether oxygens (including phenoxy) is 4. The number of nitrogens with zero attached hydrogens (tertiary/aromatic N) is 4. The predicted octanol–water partition coefficient (Wildman–Crippen LogP) is -0.462. The number of carboxylic acid groups (broad SMARTS) is 1. The third kappa shape index (κ3) is 13.7. The molecule has 5 amide bonds. The monoisotopic (exact) mass is 901 g/mol. The number of aliphatic hydroxyl groups excluding tert-OH is 3. The second kappa shape index (κ2) is 22.8. The number of rotatable bonds is 22. The van der Waals surface area contributed by atoms with Crippen molar-refractivity contribution in [3.63, 3.8) is 0 Å². The Balaban J connectivity index is 1.44. The van der Waals surface area contributed by atoms with Gasteiger partial charge in [0.05, 0.1) is 56.5 Å². The number of anilines is 1. The van der Waals surface area contributed by atoms with E-state index in [1.807, 2.05) is 0 Å². The van der Waals surface area contributed by atoms with Crippen LogP contribution in [0.1, 0.15) is 77.2 Å². The van der Waals surface area contributed by atoms with Crippen molar-refractivity contribution >= 4 is 47.2 Å². The first-order valence-electron chi connectivity index (χ1n) is 20.8. The molecule has 0 radical (unpaired) electrons. The first kappa shape index (κ1) is 51.0. The molecule has 2 aliphatic heterocycles. The van der Waals surface area contributed by atoms with Crippen LogP contribution in [0.2, 0.25) is 0 Å². The zero-order valence-electron chi connectivity index (χ0n) is 36.9. The Kier molecular flexibility index (Phi) is 18.2. The second-order valence-corrected chi connectivity index (χ2v) is 16.9. The molecule has 1 aromatic heterocycles. The van der Waals surface area contributed by atoms with Crippen molar-refractivity contribution in [3.05, 3.63) is 53.4 Å². The molecule has 0 aliphatic carbocycles. The number of hydrogen-bond acceptors (Lipinski definition) is 16. The number of methoxy groups -OCH3 is 1. The van der Waals surface area contributed by atoms with Gasteiger partial charge in [-0.25, -0.2) is 9.48 Å². The van der Waals surface area contributed by atoms with Crippen LogP contribution >= 0.6 is 0 Å². The molecule has 0 unspecified atom stereocenters. The van der Waals surface area contributed by atoms with Crippen LogP contribution in [0.3, 0.4) is 0 Å². The Morgan fingerprint density at radius 3 is 2.22 bits per heavy atom. The Morgan fingerprint density at radius 1 is 0.906 bits per heavy atom. The number of imide groups is 1. The van der Waals surface area contributed by atoms with Crippen LogP contribution in [-0.2, 0) is 72.1 Å². The molecule has 7 N–H and O–H groups in total. The molecule has 0 spiro atoms. The van der Waals surface area contributed by atoms with Crippen molar-refractivity contribution in [2.24, 2.45) is 11.3 Å². The number of hydrogen-bond donors (Lipinski definition) is 7. The highest BCUT2D eigenvalue weighted by Crippen LogP contribution is 2.29. The number of amides is 5. The number of esters is 1. The van der Waals surface area contributed by atoms with Crippen LogP contribution < -0.4 is 16.0 Å². The topological polar surface area (TPSA) is 307 Å². The smallest absolute Gasteiger partial charge is 0.335 e. The SMILES string of the molecule is COCCOCCn1cc([C@@H](CC(=O)N[C@H](C(=O)N[C@@H](C)C(=O)Nc2ccc(COC(=O)C(C)(C)C)c(CC[C@@H]3O[C@H](C(=O)O)[C@@H](O)[C@H](O)[C@H]3O)c2)C(C)C)N2C(=O)C=CC2=O)nn1. The van der Waals surface area contributed by atoms with E-state index in [0.29, 0.717) is 24.3 Å². The van der Waals surface area contributed by atoms with E-state index in [4.69, 9.17) is 18.9 Å². The first-order chi connectivity index (χ1) is 30.1. The minimum Gasteiger partial charge on any atom is -0.479 e. The molecule has 2 aromatic rings. The lowest BCUT2D eigenvalue weighted by Crippen LogP contribution is -2.59. The van der Waals surface area contributed by atoms with Gasteiger partial charge in [-0.3, -0.25) is 33.7 Å². The molecule has 1 aromatic carbocycles. The van der Waals surface area contributed by atoms with E-state index in [2.05, 4.69) is 26.3 Å². The van der Waals surface area contributed by atoms with Crippen molar-refractivity contribution in [2.75, 3.05) is 32.2 Å². The fourth-order valence-corrected chi connectivity index (χ4v) is 6.72. The summed E-state index contributed by atoms with van der Waals surface area (Å²) in [6.45, 7) is 11.0. The number of aromatic nitrogens is 3. The zero-order chi connectivity index (χ0) is 47.5. The minimum atomic E-state index is -1.87. The molecule has 1 saturated heterocycles. The molecule has 352 valence electrons. The third-order valence-corrected chi connectivity index (χ3v) is 10.4. The van der Waals surface area contributed by atoms with Gasteiger partial charge in [0.2, 0.25) is 17.7 Å². The van der Waals surface area contributed by atoms with E-state index in [9.17, 15) is 54.0 Å². The summed E-state index contributed by atoms with van der Waals surface area (Å²) >= 11 is 0. The lowest BCUT2D eigenvalue weighted by molar-refractivity contribution is -0.228. The Morgan fingerprint density at radius 2 is 1.59 bits per heavy atom. The maximum atomic E-state index is 13.6. The van der Waals surface area contributed by atoms with Gasteiger partial charge >= 0.3 is 11.9 Å². The Bertz CT molecular complexity index is 2010. The number of aliphatic carboxylic acids is 1. The number of aliphatic hydroxyl groups is 3. The molecule has 22 heteroatoms. The summed E-state index contributed by atoms with van der Waals surface area (Å²) in [7, 11) is 1.55. The fraction of sp³-hybridized carbons (Fsp3) is 0.595. The molecule has 8 atom stereocenters. The number of benzene rings is 1. The van der Waals surface area contributed by atoms with Crippen LogP contribution in [0.4, 0.5) is 5.69 Å². The molecule has 22 nitrogen and oxygen atoms in total. The van der Waals surface area contributed by atoms with E-state index >= 15 is 0 Å². The molecule has 2 aliphatic rings. The highest BCUT2D eigenvalue weighted by Gasteiger charge is 2.46. The van der Waals surface area contributed by atoms with Gasteiger partial charge in [0.1, 0.15) is 42.7 Å². The highest BCUT2D eigenvalue weighted by molar-refractivity contribution is 6.13. The maximum absolute atomic E-state index is 13.6. The molecular weight excluding hydrogens is 842 g/mol. The average Bonchev–Trinajstić information content (AvgIpc) is 3.84. The lowest BCUT2D eigenvalue weighted by Gasteiger charge is -2.39. The summed E-state index contributed by atoms with van der Waals surface area (Å²) in [5.41, 5.74) is 0.612. The summed E-state index contributed by atoms with van der Waals surface area (Å²) in [6, 6.07) is 1.22. The average molecular weight is 902 g/mol. The second-order valence-electron chi connectivity index (χ2n) is 16.9. The van der Waals surface area contributed by atoms with Crippen molar-refractivity contribution in [1.82, 2.24) is 30.5 Å². The van der Waals surface area contributed by atoms with Crippen LogP contribution in [0.15, 0.2) is 36.5 Å². The first-order valence-corrected chi connectivity index (χ1v) is 20.8. The van der Waals surface area contributed by atoms with Crippen LogP contribution in [0.25, 0.3) is 0 Å². The van der Waals surface area contributed by atoms with E-state index in [1.165, 1.54) is 23.9 Å². The van der Waals surface area contributed by atoms with Crippen LogP contribution in [-0.4, -0.2) is 151 Å². The number of carboxylic acids is 1. The van der Waals surface area contributed by atoms with Gasteiger partial charge in [-0.05, 0) is 69.7 Å². The van der Waals surface area contributed by atoms with E-state index in [0.717, 1.165) is 17.1 Å². The highest BCUT2D eigenvalue weighted by atomic mass is 16.6. The summed E-state index contributed by atoms with van der Waals surface area (Å²) in [5.74, 6) is -5.87. The van der Waals surface area contributed by atoms with Crippen molar-refractivity contribution < 1.29 is 72.9 Å². The van der Waals surface area contributed by atoms with E-state index in [-0.39, 0.29) is 44.0 Å². The van der Waals surface area contributed by atoms with Crippen LogP contribution in [0, 0.1) is 11.3 Å². The van der Waals surface area contributed by atoms with Gasteiger partial charge in [0.15, 0.2) is 6.10 Å². The van der Waals surface area contributed by atoms with Gasteiger partial charge in [-0.2, -0.15) is 0 Å². The summed E-state index contributed by atoms with van der Waals surface area (Å²) in [5, 5.41) is 56.6. The fourth-order valence-electron chi connectivity index (χ4n) is 6.72. The van der Waals surface area contributed by atoms with E-state index < -0.39 is 108 Å². The maximum Gasteiger partial charge on any atom is 0.335 e. The number of carbonyl (C=O) groups excluding carboxylic acids is 6. The zero-order valence-corrected chi connectivity index (χ0v) is 36.9. The summed E-state index contributed by atoms with van der Waals surface area (Å²) in [6.07, 6.45) is -5.08. The standard InChI is InChI=1S/C42H59N7O15/c1-22(2)33(45-30(50)19-28(49-31(51)12-13-32(49)52)27-20-48(47-46-27)14-15-62-17-16-61-7)39(57)43-23(3)38(56)44-26-10-8-25(21-63-41(60)42(4,5)6)24(18-26)9-11-29-34(53)35(54)36(55)37(64-29)40(58)59/h8,10,12-13,18,20,22-23,28-29,33-37,53-55H,9,11,14-17,19,21H2,1-7H3,(H,43,57)(H,44,56)(H,45,50)(H,58,59)/t23-,28+,29-,33-,34-,35+,36-,37-/m0/s1. The molecule has 64 heavy (non-hydrogen) atoms. The molecule has 4 rings (SSSR count). The van der Waals surface area contributed by atoms with Crippen LogP contribution in [0.5, 0.6) is 0 Å². The number of aryl methyl sites for hydroxylation is 1. The molecule has 1 fully saturated rings. The molecule has 0 bridgehead atoms. The van der Waals surface area contributed by atoms with Gasteiger partial charge in [-0.15, -0.1) is 5.10 Å². The number of carbonyl (C=O) groups is 7. The van der Waals surface area contributed by atoms with Crippen molar-refractivity contribution in [3.8, 4) is 0 Å². The molecular formula is C42H59N7O15. The van der Waals surface area contributed by atoms with Crippen molar-refractivity contribution in [1.29, 1.82) is 0 Å². The van der Waals surface area contributed by atoms with Gasteiger partial charge in [-0.1, -0.05) is 25.1 Å². The summed E-state index contributed by atoms with van der Waals surface area (Å²) < 4.78 is 22.8. The largest absolute Gasteiger partial charge is 0.479 e.